The number of hydrogen-bond acceptors (Lipinski definition) is 6. The van der Waals surface area contributed by atoms with Gasteiger partial charge in [-0.3, -0.25) is 14.2 Å². The van der Waals surface area contributed by atoms with Crippen molar-refractivity contribution in [1.29, 1.82) is 0 Å². The molecular formula is C18H19N3O3S2. The molecule has 0 saturated carbocycles. The van der Waals surface area contributed by atoms with Gasteiger partial charge in [0.1, 0.15) is 17.1 Å². The Morgan fingerprint density at radius 3 is 2.69 bits per heavy atom. The summed E-state index contributed by atoms with van der Waals surface area (Å²) in [5.41, 5.74) is 0.465. The first-order valence-electron chi connectivity index (χ1n) is 8.06. The lowest BCUT2D eigenvalue weighted by Gasteiger charge is -2.11. The number of fused-ring (bicyclic) bond motifs is 1. The summed E-state index contributed by atoms with van der Waals surface area (Å²) in [6.07, 6.45) is 2.70. The first-order chi connectivity index (χ1) is 12.5. The first-order valence-corrected chi connectivity index (χ1v) is 10.1. The maximum Gasteiger partial charge on any atom is 0.263 e. The molecule has 0 aliphatic heterocycles. The smallest absolute Gasteiger partial charge is 0.263 e. The van der Waals surface area contributed by atoms with Crippen LogP contribution in [0.15, 0.2) is 40.3 Å². The van der Waals surface area contributed by atoms with Crippen LogP contribution in [-0.4, -0.2) is 28.8 Å². The average molecular weight is 390 g/mol. The van der Waals surface area contributed by atoms with E-state index in [2.05, 4.69) is 10.3 Å². The summed E-state index contributed by atoms with van der Waals surface area (Å²) in [6, 6.07) is 8.91. The highest BCUT2D eigenvalue weighted by Gasteiger charge is 2.16. The first kappa shape index (κ1) is 18.5. The topological polar surface area (TPSA) is 73.2 Å². The summed E-state index contributed by atoms with van der Waals surface area (Å²) < 4.78 is 6.53. The van der Waals surface area contributed by atoms with Gasteiger partial charge in [0, 0.05) is 10.6 Å². The third kappa shape index (κ3) is 3.76. The number of ether oxygens (including phenoxy) is 1. The number of benzene rings is 1. The third-order valence-corrected chi connectivity index (χ3v) is 5.72. The standard InChI is InChI=1S/C18H19N3O3S2/c1-4-13-9-14-16(26-13)20-18(25-3)21(17(14)23)10-15(22)19-11-5-7-12(24-2)8-6-11/h5-9H,4,10H2,1-3H3,(H,19,22). The Morgan fingerprint density at radius 1 is 1.35 bits per heavy atom. The van der Waals surface area contributed by atoms with Gasteiger partial charge in [-0.15, -0.1) is 11.3 Å². The van der Waals surface area contributed by atoms with E-state index >= 15 is 0 Å². The fraction of sp³-hybridized carbons (Fsp3) is 0.278. The number of thiophene rings is 1. The van der Waals surface area contributed by atoms with Crippen LogP contribution < -0.4 is 15.6 Å². The van der Waals surface area contributed by atoms with Gasteiger partial charge >= 0.3 is 0 Å². The Kier molecular flexibility index (Phi) is 5.63. The van der Waals surface area contributed by atoms with Crippen LogP contribution in [0.1, 0.15) is 11.8 Å². The predicted octanol–water partition coefficient (Wildman–Crippen LogP) is 3.39. The number of nitrogens with one attached hydrogen (secondary N) is 1. The normalized spacial score (nSPS) is 10.9. The van der Waals surface area contributed by atoms with Gasteiger partial charge in [0.25, 0.3) is 5.56 Å². The second-order valence-corrected chi connectivity index (χ2v) is 7.44. The summed E-state index contributed by atoms with van der Waals surface area (Å²) in [7, 11) is 1.58. The van der Waals surface area contributed by atoms with Crippen molar-refractivity contribution in [3.05, 3.63) is 45.6 Å². The van der Waals surface area contributed by atoms with Gasteiger partial charge in [0.2, 0.25) is 5.91 Å². The van der Waals surface area contributed by atoms with E-state index < -0.39 is 0 Å². The van der Waals surface area contributed by atoms with Crippen molar-refractivity contribution >= 4 is 44.9 Å². The minimum atomic E-state index is -0.278. The van der Waals surface area contributed by atoms with E-state index in [0.29, 0.717) is 22.0 Å². The van der Waals surface area contributed by atoms with E-state index in [-0.39, 0.29) is 18.0 Å². The molecule has 0 atom stereocenters. The number of carbonyl (C=O) groups excluding carboxylic acids is 1. The molecule has 0 spiro atoms. The number of anilines is 1. The fourth-order valence-electron chi connectivity index (χ4n) is 2.54. The van der Waals surface area contributed by atoms with Crippen LogP contribution in [0, 0.1) is 0 Å². The van der Waals surface area contributed by atoms with E-state index in [4.69, 9.17) is 4.74 Å². The molecule has 0 fully saturated rings. The van der Waals surface area contributed by atoms with Crippen LogP contribution in [0.4, 0.5) is 5.69 Å². The molecule has 8 heteroatoms. The number of aromatic nitrogens is 2. The number of rotatable bonds is 6. The molecule has 2 aromatic heterocycles. The number of nitrogens with zero attached hydrogens (tertiary/aromatic N) is 2. The van der Waals surface area contributed by atoms with Gasteiger partial charge in [-0.25, -0.2) is 4.98 Å². The highest BCUT2D eigenvalue weighted by molar-refractivity contribution is 7.98. The van der Waals surface area contributed by atoms with Gasteiger partial charge in [-0.2, -0.15) is 0 Å². The summed E-state index contributed by atoms with van der Waals surface area (Å²) in [4.78, 5) is 31.6. The Balaban J connectivity index is 1.87. The molecular weight excluding hydrogens is 370 g/mol. The van der Waals surface area contributed by atoms with Crippen LogP contribution in [0.5, 0.6) is 5.75 Å². The van der Waals surface area contributed by atoms with Gasteiger partial charge in [-0.05, 0) is 43.0 Å². The maximum absolute atomic E-state index is 12.8. The molecule has 1 aromatic carbocycles. The van der Waals surface area contributed by atoms with E-state index in [0.717, 1.165) is 16.1 Å². The molecule has 0 radical (unpaired) electrons. The molecule has 3 rings (SSSR count). The van der Waals surface area contributed by atoms with Crippen molar-refractivity contribution in [2.24, 2.45) is 0 Å². The van der Waals surface area contributed by atoms with Crippen LogP contribution >= 0.6 is 23.1 Å². The Hall–Kier alpha value is -2.32. The van der Waals surface area contributed by atoms with Gasteiger partial charge < -0.3 is 10.1 Å². The molecule has 2 heterocycles. The lowest BCUT2D eigenvalue weighted by atomic mass is 10.3. The summed E-state index contributed by atoms with van der Waals surface area (Å²) in [5.74, 6) is 0.433. The van der Waals surface area contributed by atoms with Crippen molar-refractivity contribution < 1.29 is 9.53 Å². The van der Waals surface area contributed by atoms with Crippen molar-refractivity contribution in [1.82, 2.24) is 9.55 Å². The zero-order valence-corrected chi connectivity index (χ0v) is 16.4. The number of carbonyl (C=O) groups is 1. The Bertz CT molecular complexity index is 993. The SMILES string of the molecule is CCc1cc2c(=O)n(CC(=O)Nc3ccc(OC)cc3)c(SC)nc2s1. The average Bonchev–Trinajstić information content (AvgIpc) is 3.08. The molecule has 0 bridgehead atoms. The molecule has 0 aliphatic carbocycles. The fourth-order valence-corrected chi connectivity index (χ4v) is 4.10. The lowest BCUT2D eigenvalue weighted by Crippen LogP contribution is -2.29. The minimum Gasteiger partial charge on any atom is -0.497 e. The molecule has 136 valence electrons. The van der Waals surface area contributed by atoms with E-state index in [1.807, 2.05) is 19.2 Å². The molecule has 3 aromatic rings. The zero-order chi connectivity index (χ0) is 18.7. The second kappa shape index (κ2) is 7.92. The maximum atomic E-state index is 12.8. The molecule has 1 N–H and O–H groups in total. The highest BCUT2D eigenvalue weighted by Crippen LogP contribution is 2.24. The number of methoxy groups -OCH3 is 1. The second-order valence-electron chi connectivity index (χ2n) is 5.55. The van der Waals surface area contributed by atoms with Crippen molar-refractivity contribution in [3.63, 3.8) is 0 Å². The molecule has 6 nitrogen and oxygen atoms in total. The summed E-state index contributed by atoms with van der Waals surface area (Å²) >= 11 is 2.88. The Morgan fingerprint density at radius 2 is 2.08 bits per heavy atom. The van der Waals surface area contributed by atoms with E-state index in [9.17, 15) is 9.59 Å². The van der Waals surface area contributed by atoms with E-state index in [1.165, 1.54) is 27.7 Å². The van der Waals surface area contributed by atoms with Crippen molar-refractivity contribution in [2.75, 3.05) is 18.7 Å². The van der Waals surface area contributed by atoms with Crippen LogP contribution in [-0.2, 0) is 17.8 Å². The molecule has 0 aliphatic rings. The minimum absolute atomic E-state index is 0.0821. The summed E-state index contributed by atoms with van der Waals surface area (Å²) in [5, 5.41) is 3.91. The molecule has 0 saturated heterocycles. The zero-order valence-electron chi connectivity index (χ0n) is 14.7. The van der Waals surface area contributed by atoms with Gasteiger partial charge in [-0.1, -0.05) is 18.7 Å². The van der Waals surface area contributed by atoms with Gasteiger partial charge in [0.05, 0.1) is 12.5 Å². The quantitative estimate of drug-likeness (QED) is 0.517. The molecule has 1 amide bonds. The van der Waals surface area contributed by atoms with Crippen molar-refractivity contribution in [3.8, 4) is 5.75 Å². The number of thioether (sulfide) groups is 1. The van der Waals surface area contributed by atoms with Crippen LogP contribution in [0.2, 0.25) is 0 Å². The highest BCUT2D eigenvalue weighted by atomic mass is 32.2. The third-order valence-electron chi connectivity index (χ3n) is 3.87. The lowest BCUT2D eigenvalue weighted by molar-refractivity contribution is -0.116. The largest absolute Gasteiger partial charge is 0.497 e. The van der Waals surface area contributed by atoms with Crippen LogP contribution in [0.3, 0.4) is 0 Å². The van der Waals surface area contributed by atoms with Crippen molar-refractivity contribution in [2.45, 2.75) is 25.0 Å². The number of amides is 1. The monoisotopic (exact) mass is 389 g/mol. The molecule has 0 unspecified atom stereocenters. The number of hydrogen-bond donors (Lipinski definition) is 1. The summed E-state index contributed by atoms with van der Waals surface area (Å²) in [6.45, 7) is 1.96. The molecule has 26 heavy (non-hydrogen) atoms. The number of aryl methyl sites for hydroxylation is 1. The predicted molar refractivity (Wildman–Crippen MR) is 107 cm³/mol. The Labute approximate surface area is 159 Å². The van der Waals surface area contributed by atoms with Gasteiger partial charge in [0.15, 0.2) is 5.16 Å². The van der Waals surface area contributed by atoms with E-state index in [1.54, 1.807) is 31.4 Å². The van der Waals surface area contributed by atoms with Crippen LogP contribution in [0.25, 0.3) is 10.2 Å².